The lowest BCUT2D eigenvalue weighted by Gasteiger charge is -2.53. The molecule has 0 atom stereocenters. The molecule has 40 heavy (non-hydrogen) atoms. The lowest BCUT2D eigenvalue weighted by Crippen LogP contribution is -2.56. The molecule has 0 radical (unpaired) electrons. The summed E-state index contributed by atoms with van der Waals surface area (Å²) >= 11 is 0. The number of hydrogen-bond acceptors (Lipinski definition) is 7. The van der Waals surface area contributed by atoms with Gasteiger partial charge in [0.05, 0.1) is 6.61 Å². The monoisotopic (exact) mass is 550 g/mol. The number of anilines is 1. The number of aromatic nitrogens is 3. The molecular weight excluding hydrogens is 518 g/mol. The minimum absolute atomic E-state index is 0.246. The lowest BCUT2D eigenvalue weighted by molar-refractivity contribution is -0.198. The first-order valence-corrected chi connectivity index (χ1v) is 14.5. The molecule has 4 aliphatic carbocycles. The fourth-order valence-electron chi connectivity index (χ4n) is 6.68. The van der Waals surface area contributed by atoms with Crippen molar-refractivity contribution in [1.29, 1.82) is 0 Å². The van der Waals surface area contributed by atoms with Crippen LogP contribution < -0.4 is 4.90 Å². The van der Waals surface area contributed by atoms with Crippen molar-refractivity contribution < 1.29 is 27.4 Å². The van der Waals surface area contributed by atoms with Crippen molar-refractivity contribution in [2.24, 2.45) is 11.3 Å². The Morgan fingerprint density at radius 1 is 0.975 bits per heavy atom. The summed E-state index contributed by atoms with van der Waals surface area (Å²) in [4.78, 5) is 20.2. The zero-order chi connectivity index (χ0) is 27.1. The van der Waals surface area contributed by atoms with Crippen LogP contribution in [-0.4, -0.2) is 40.3 Å². The Morgan fingerprint density at radius 2 is 1.75 bits per heavy atom. The van der Waals surface area contributed by atoms with Crippen molar-refractivity contribution in [2.45, 2.75) is 87.6 Å². The van der Waals surface area contributed by atoms with Gasteiger partial charge >= 0.3 is 0 Å². The molecule has 210 valence electrons. The summed E-state index contributed by atoms with van der Waals surface area (Å²) in [6.45, 7) is 0.864. The third-order valence-electron chi connectivity index (χ3n) is 9.71. The first-order chi connectivity index (χ1) is 19.3. The van der Waals surface area contributed by atoms with Gasteiger partial charge in [0.2, 0.25) is 11.8 Å². The van der Waals surface area contributed by atoms with Crippen molar-refractivity contribution in [3.8, 4) is 11.3 Å². The van der Waals surface area contributed by atoms with Crippen LogP contribution in [0.1, 0.15) is 93.5 Å². The number of nitrogens with zero attached hydrogens (tertiary/aromatic N) is 4. The van der Waals surface area contributed by atoms with Crippen LogP contribution in [0.25, 0.3) is 11.3 Å². The second-order valence-electron chi connectivity index (χ2n) is 12.8. The maximum Gasteiger partial charge on any atom is 0.258 e. The summed E-state index contributed by atoms with van der Waals surface area (Å²) in [6, 6.07) is 9.60. The third kappa shape index (κ3) is 4.26. The van der Waals surface area contributed by atoms with E-state index in [0.29, 0.717) is 36.6 Å². The van der Waals surface area contributed by atoms with Gasteiger partial charge in [0.25, 0.3) is 5.89 Å². The summed E-state index contributed by atoms with van der Waals surface area (Å²) in [7, 11) is 0. The fourth-order valence-corrected chi connectivity index (χ4v) is 6.68. The largest absolute Gasteiger partial charge is 0.364 e. The van der Waals surface area contributed by atoms with Crippen LogP contribution >= 0.6 is 0 Å². The maximum absolute atomic E-state index is 13.8. The van der Waals surface area contributed by atoms with Gasteiger partial charge in [-0.2, -0.15) is 4.98 Å². The summed E-state index contributed by atoms with van der Waals surface area (Å²) < 4.78 is 45.3. The minimum atomic E-state index is -2.77. The number of fused-ring (bicyclic) bond motifs is 3. The number of amides is 1. The Kier molecular flexibility index (Phi) is 5.35. The van der Waals surface area contributed by atoms with Crippen molar-refractivity contribution in [3.05, 3.63) is 47.8 Å². The second-order valence-corrected chi connectivity index (χ2v) is 12.8. The molecule has 0 N–H and O–H groups in total. The highest BCUT2D eigenvalue weighted by molar-refractivity contribution is 5.96. The molecule has 0 spiro atoms. The van der Waals surface area contributed by atoms with E-state index in [4.69, 9.17) is 13.8 Å². The average Bonchev–Trinajstić information content (AvgIpc) is 3.89. The first-order valence-electron chi connectivity index (χ1n) is 14.5. The molecule has 2 bridgehead atoms. The van der Waals surface area contributed by atoms with E-state index in [1.54, 1.807) is 4.90 Å². The number of rotatable bonds is 8. The second kappa shape index (κ2) is 8.68. The number of benzene rings is 1. The third-order valence-corrected chi connectivity index (χ3v) is 9.71. The Balaban J connectivity index is 1.05. The zero-order valence-corrected chi connectivity index (χ0v) is 22.3. The molecule has 2 aromatic heterocycles. The van der Waals surface area contributed by atoms with Crippen LogP contribution in [-0.2, 0) is 15.1 Å². The van der Waals surface area contributed by atoms with Crippen molar-refractivity contribution in [2.75, 3.05) is 18.1 Å². The summed E-state index contributed by atoms with van der Waals surface area (Å²) in [5.74, 6) is -0.613. The Labute approximate surface area is 230 Å². The molecular formula is C30H32F2N4O4. The summed E-state index contributed by atoms with van der Waals surface area (Å²) in [6.07, 6.45) is 6.74. The molecule has 2 saturated heterocycles. The van der Waals surface area contributed by atoms with Crippen molar-refractivity contribution in [1.82, 2.24) is 15.3 Å². The van der Waals surface area contributed by atoms with E-state index in [1.165, 1.54) is 0 Å². The van der Waals surface area contributed by atoms with Gasteiger partial charge in [0, 0.05) is 59.9 Å². The Hall–Kier alpha value is -3.14. The van der Waals surface area contributed by atoms with E-state index in [1.807, 2.05) is 30.3 Å². The highest BCUT2D eigenvalue weighted by Gasteiger charge is 2.56. The van der Waals surface area contributed by atoms with Crippen LogP contribution in [0.5, 0.6) is 0 Å². The Morgan fingerprint density at radius 3 is 2.42 bits per heavy atom. The number of hydrogen-bond donors (Lipinski definition) is 0. The maximum atomic E-state index is 13.8. The van der Waals surface area contributed by atoms with Crippen LogP contribution in [0.3, 0.4) is 0 Å². The van der Waals surface area contributed by atoms with Gasteiger partial charge < -0.3 is 18.7 Å². The molecule has 9 rings (SSSR count). The van der Waals surface area contributed by atoms with Gasteiger partial charge in [0.1, 0.15) is 17.1 Å². The van der Waals surface area contributed by atoms with Gasteiger partial charge in [-0.1, -0.05) is 22.4 Å². The van der Waals surface area contributed by atoms with Gasteiger partial charge in [-0.3, -0.25) is 4.79 Å². The van der Waals surface area contributed by atoms with Gasteiger partial charge in [0.15, 0.2) is 5.82 Å². The molecule has 2 aliphatic heterocycles. The zero-order valence-electron chi connectivity index (χ0n) is 22.3. The first kappa shape index (κ1) is 24.6. The predicted octanol–water partition coefficient (Wildman–Crippen LogP) is 6.34. The minimum Gasteiger partial charge on any atom is -0.364 e. The molecule has 1 aromatic carbocycles. The van der Waals surface area contributed by atoms with Crippen LogP contribution in [0.2, 0.25) is 0 Å². The van der Waals surface area contributed by atoms with E-state index in [0.717, 1.165) is 74.2 Å². The summed E-state index contributed by atoms with van der Waals surface area (Å²) in [5, 5.41) is 8.46. The van der Waals surface area contributed by atoms with Crippen LogP contribution in [0, 0.1) is 11.3 Å². The number of halogens is 2. The van der Waals surface area contributed by atoms with Gasteiger partial charge in [-0.25, -0.2) is 8.78 Å². The predicted molar refractivity (Wildman–Crippen MR) is 139 cm³/mol. The molecule has 0 unspecified atom stereocenters. The number of alkyl halides is 2. The van der Waals surface area contributed by atoms with Gasteiger partial charge in [-0.15, -0.1) is 0 Å². The quantitative estimate of drug-likeness (QED) is 0.323. The Bertz CT molecular complexity index is 1430. The number of carbonyl (C=O) groups is 1. The SMILES string of the molecule is O=C(C1CC(F)(F)C1)N(CC12CCC(c3nc(C4CC4)no3)(CC1)OC2)c1cccc(-c2cc(C3CC3)on2)c1. The normalized spacial score (nSPS) is 29.4. The molecule has 4 saturated carbocycles. The fraction of sp³-hybridized carbons (Fsp3) is 0.600. The van der Waals surface area contributed by atoms with E-state index in [-0.39, 0.29) is 11.3 Å². The highest BCUT2D eigenvalue weighted by Crippen LogP contribution is 2.55. The topological polar surface area (TPSA) is 94.5 Å². The lowest BCUT2D eigenvalue weighted by atomic mass is 9.65. The smallest absolute Gasteiger partial charge is 0.258 e. The molecule has 1 amide bonds. The number of carbonyl (C=O) groups excluding carboxylic acids is 1. The average molecular weight is 551 g/mol. The van der Waals surface area contributed by atoms with E-state index >= 15 is 0 Å². The van der Waals surface area contributed by atoms with Crippen LogP contribution in [0.4, 0.5) is 14.5 Å². The molecule has 6 aliphatic rings. The molecule has 10 heteroatoms. The van der Waals surface area contributed by atoms with Crippen molar-refractivity contribution >= 4 is 11.6 Å². The molecule has 8 nitrogen and oxygen atoms in total. The summed E-state index contributed by atoms with van der Waals surface area (Å²) in [5.41, 5.74) is 1.41. The molecule has 3 aromatic rings. The van der Waals surface area contributed by atoms with E-state index in [9.17, 15) is 13.6 Å². The molecule has 6 fully saturated rings. The van der Waals surface area contributed by atoms with Gasteiger partial charge in [-0.05, 0) is 63.5 Å². The van der Waals surface area contributed by atoms with E-state index < -0.39 is 30.3 Å². The van der Waals surface area contributed by atoms with E-state index in [2.05, 4.69) is 15.3 Å². The highest BCUT2D eigenvalue weighted by atomic mass is 19.3. The van der Waals surface area contributed by atoms with Crippen LogP contribution in [0.15, 0.2) is 39.4 Å². The standard InChI is InChI=1S/C30H32F2N4O4/c31-30(32)14-21(15-30)26(37)36(22-3-1-2-20(12-22)23-13-24(39-34-23)18-4-5-18)16-28-8-10-29(11-9-28,38-17-28)27-33-25(35-40-27)19-6-7-19/h1-3,12-13,18-19,21H,4-11,14-17H2. The molecule has 4 heterocycles. The van der Waals surface area contributed by atoms with Crippen molar-refractivity contribution in [3.63, 3.8) is 0 Å². The number of ether oxygens (including phenoxy) is 1.